The summed E-state index contributed by atoms with van der Waals surface area (Å²) < 4.78 is 0. The van der Waals surface area contributed by atoms with Crippen LogP contribution in [-0.4, -0.2) is 12.6 Å². The Morgan fingerprint density at radius 1 is 1.25 bits per heavy atom. The van der Waals surface area contributed by atoms with E-state index < -0.39 is 0 Å². The second-order valence-corrected chi connectivity index (χ2v) is 1.91. The molecule has 0 aliphatic carbocycles. The van der Waals surface area contributed by atoms with Gasteiger partial charge >= 0.3 is 0 Å². The van der Waals surface area contributed by atoms with Crippen LogP contribution in [0.1, 0.15) is 19.8 Å². The number of hydrogen-bond donors (Lipinski definition) is 0. The van der Waals surface area contributed by atoms with E-state index in [-0.39, 0.29) is 5.92 Å². The molecule has 0 amide bonds. The summed E-state index contributed by atoms with van der Waals surface area (Å²) in [5, 5.41) is 0. The van der Waals surface area contributed by atoms with Crippen molar-refractivity contribution in [1.82, 2.24) is 0 Å². The maximum atomic E-state index is 9.77. The highest BCUT2D eigenvalue weighted by Crippen LogP contribution is 2.00. The zero-order chi connectivity index (χ0) is 6.41. The van der Waals surface area contributed by atoms with Gasteiger partial charge in [0.05, 0.1) is 0 Å². The Kier molecular flexibility index (Phi) is 4.13. The monoisotopic (exact) mass is 114 g/mol. The molecule has 0 saturated carbocycles. The minimum atomic E-state index is 0.227. The minimum absolute atomic E-state index is 0.227. The van der Waals surface area contributed by atoms with Gasteiger partial charge in [0.25, 0.3) is 0 Å². The van der Waals surface area contributed by atoms with Gasteiger partial charge in [0.1, 0.15) is 12.6 Å². The molecule has 0 bridgehead atoms. The van der Waals surface area contributed by atoms with Crippen LogP contribution in [0.15, 0.2) is 0 Å². The van der Waals surface area contributed by atoms with Crippen molar-refractivity contribution in [1.29, 1.82) is 0 Å². The van der Waals surface area contributed by atoms with Crippen LogP contribution in [0.5, 0.6) is 0 Å². The summed E-state index contributed by atoms with van der Waals surface area (Å²) >= 11 is 0. The van der Waals surface area contributed by atoms with Crippen molar-refractivity contribution in [2.75, 3.05) is 0 Å². The average molecular weight is 114 g/mol. The predicted molar refractivity (Wildman–Crippen MR) is 30.5 cm³/mol. The molecule has 0 spiro atoms. The lowest BCUT2D eigenvalue weighted by molar-refractivity contribution is -0.110. The summed E-state index contributed by atoms with van der Waals surface area (Å²) in [5.41, 5.74) is 0. The molecule has 0 aromatic heterocycles. The number of rotatable bonds is 4. The fourth-order valence-corrected chi connectivity index (χ4v) is 0.425. The van der Waals surface area contributed by atoms with E-state index >= 15 is 0 Å². The molecule has 0 fully saturated rings. The summed E-state index contributed by atoms with van der Waals surface area (Å²) in [5.74, 6) is 0.227. The van der Waals surface area contributed by atoms with E-state index in [4.69, 9.17) is 0 Å². The summed E-state index contributed by atoms with van der Waals surface area (Å²) in [4.78, 5) is 19.5. The van der Waals surface area contributed by atoms with Crippen LogP contribution in [0.3, 0.4) is 0 Å². The molecule has 0 unspecified atom stereocenters. The maximum absolute atomic E-state index is 9.77. The Bertz CT molecular complexity index is 68.6. The van der Waals surface area contributed by atoms with Crippen LogP contribution in [0, 0.1) is 5.92 Å². The summed E-state index contributed by atoms with van der Waals surface area (Å²) in [6.45, 7) is 1.88. The fraction of sp³-hybridized carbons (Fsp3) is 0.667. The minimum Gasteiger partial charge on any atom is -0.303 e. The third-order valence-electron chi connectivity index (χ3n) is 0.997. The summed E-state index contributed by atoms with van der Waals surface area (Å²) in [6, 6.07) is 0. The molecule has 0 aliphatic heterocycles. The smallest absolute Gasteiger partial charge is 0.120 e. The molecule has 0 heterocycles. The van der Waals surface area contributed by atoms with Gasteiger partial charge in [-0.3, -0.25) is 0 Å². The van der Waals surface area contributed by atoms with Gasteiger partial charge in [-0.15, -0.1) is 0 Å². The molecule has 0 N–H and O–H groups in total. The van der Waals surface area contributed by atoms with Gasteiger partial charge in [0.2, 0.25) is 0 Å². The molecule has 0 radical (unpaired) electrons. The van der Waals surface area contributed by atoms with Crippen LogP contribution < -0.4 is 0 Å². The molecule has 0 aliphatic rings. The van der Waals surface area contributed by atoms with Crippen molar-refractivity contribution in [3.63, 3.8) is 0 Å². The van der Waals surface area contributed by atoms with E-state index in [2.05, 4.69) is 0 Å². The van der Waals surface area contributed by atoms with Gasteiger partial charge < -0.3 is 9.59 Å². The molecule has 46 valence electrons. The van der Waals surface area contributed by atoms with Crippen LogP contribution in [0.2, 0.25) is 0 Å². The maximum Gasteiger partial charge on any atom is 0.120 e. The van der Waals surface area contributed by atoms with Crippen molar-refractivity contribution >= 4 is 12.6 Å². The Morgan fingerprint density at radius 3 is 1.88 bits per heavy atom. The Labute approximate surface area is 48.9 Å². The van der Waals surface area contributed by atoms with Crippen molar-refractivity contribution in [2.24, 2.45) is 5.92 Å². The van der Waals surface area contributed by atoms with E-state index in [0.29, 0.717) is 12.8 Å². The standard InChI is InChI=1S/C6H10O2/c1-6(2-4-7)3-5-8/h4-6H,2-3H2,1H3. The third-order valence-corrected chi connectivity index (χ3v) is 0.997. The molecule has 2 heteroatoms. The van der Waals surface area contributed by atoms with Crippen molar-refractivity contribution in [3.8, 4) is 0 Å². The molecule has 8 heavy (non-hydrogen) atoms. The lowest BCUT2D eigenvalue weighted by Gasteiger charge is -1.97. The Balaban J connectivity index is 3.16. The first-order valence-corrected chi connectivity index (χ1v) is 2.68. The first-order valence-electron chi connectivity index (χ1n) is 2.68. The topological polar surface area (TPSA) is 34.1 Å². The van der Waals surface area contributed by atoms with E-state index in [1.54, 1.807) is 0 Å². The second-order valence-electron chi connectivity index (χ2n) is 1.91. The van der Waals surface area contributed by atoms with Crippen molar-refractivity contribution in [2.45, 2.75) is 19.8 Å². The molecular formula is C6H10O2. The van der Waals surface area contributed by atoms with Crippen molar-refractivity contribution < 1.29 is 9.59 Å². The van der Waals surface area contributed by atoms with E-state index in [9.17, 15) is 9.59 Å². The van der Waals surface area contributed by atoms with Gasteiger partial charge in [0.15, 0.2) is 0 Å². The molecule has 0 atom stereocenters. The van der Waals surface area contributed by atoms with Gasteiger partial charge in [-0.25, -0.2) is 0 Å². The highest BCUT2D eigenvalue weighted by Gasteiger charge is 1.96. The average Bonchev–Trinajstić information content (AvgIpc) is 1.68. The van der Waals surface area contributed by atoms with E-state index in [0.717, 1.165) is 12.6 Å². The highest BCUT2D eigenvalue weighted by atomic mass is 16.1. The van der Waals surface area contributed by atoms with E-state index in [1.165, 1.54) is 0 Å². The fourth-order valence-electron chi connectivity index (χ4n) is 0.425. The normalized spacial score (nSPS) is 9.25. The third kappa shape index (κ3) is 3.53. The lowest BCUT2D eigenvalue weighted by atomic mass is 10.1. The molecule has 0 aromatic carbocycles. The van der Waals surface area contributed by atoms with Gasteiger partial charge in [-0.2, -0.15) is 0 Å². The molecule has 0 aromatic rings. The summed E-state index contributed by atoms with van der Waals surface area (Å²) in [6.07, 6.45) is 2.68. The second kappa shape index (κ2) is 4.50. The first kappa shape index (κ1) is 7.34. The zero-order valence-electron chi connectivity index (χ0n) is 4.96. The molecule has 0 saturated heterocycles. The van der Waals surface area contributed by atoms with Crippen LogP contribution in [-0.2, 0) is 9.59 Å². The van der Waals surface area contributed by atoms with E-state index in [1.807, 2.05) is 6.92 Å². The van der Waals surface area contributed by atoms with Crippen LogP contribution in [0.25, 0.3) is 0 Å². The SMILES string of the molecule is CC(CC=O)CC=O. The number of carbonyl (C=O) groups excluding carboxylic acids is 2. The van der Waals surface area contributed by atoms with Crippen LogP contribution in [0.4, 0.5) is 0 Å². The van der Waals surface area contributed by atoms with Crippen LogP contribution >= 0.6 is 0 Å². The Hall–Kier alpha value is -0.660. The summed E-state index contributed by atoms with van der Waals surface area (Å²) in [7, 11) is 0. The molecular weight excluding hydrogens is 104 g/mol. The number of aldehydes is 2. The van der Waals surface area contributed by atoms with Crippen molar-refractivity contribution in [3.05, 3.63) is 0 Å². The van der Waals surface area contributed by atoms with Gasteiger partial charge in [-0.1, -0.05) is 6.92 Å². The zero-order valence-corrected chi connectivity index (χ0v) is 4.96. The lowest BCUT2D eigenvalue weighted by Crippen LogP contribution is -1.94. The quantitative estimate of drug-likeness (QED) is 0.506. The first-order chi connectivity index (χ1) is 3.81. The molecule has 2 nitrogen and oxygen atoms in total. The number of carbonyl (C=O) groups is 2. The predicted octanol–water partition coefficient (Wildman–Crippen LogP) is 0.800. The largest absolute Gasteiger partial charge is 0.303 e. The van der Waals surface area contributed by atoms with Gasteiger partial charge in [-0.05, 0) is 5.92 Å². The number of hydrogen-bond acceptors (Lipinski definition) is 2. The van der Waals surface area contributed by atoms with Gasteiger partial charge in [0, 0.05) is 12.8 Å². The Morgan fingerprint density at radius 2 is 1.62 bits per heavy atom. The molecule has 0 rings (SSSR count). The highest BCUT2D eigenvalue weighted by molar-refractivity contribution is 5.53.